The Morgan fingerprint density at radius 3 is 2.46 bits per heavy atom. The van der Waals surface area contributed by atoms with E-state index in [0.29, 0.717) is 35.0 Å². The third kappa shape index (κ3) is 4.75. The van der Waals surface area contributed by atoms with Gasteiger partial charge in [-0.2, -0.15) is 0 Å². The third-order valence-corrected chi connectivity index (χ3v) is 4.31. The summed E-state index contributed by atoms with van der Waals surface area (Å²) in [5.74, 6) is -0.593. The van der Waals surface area contributed by atoms with Crippen LogP contribution in [-0.2, 0) is 11.3 Å². The number of rotatable bonds is 6. The molecule has 0 N–H and O–H groups in total. The van der Waals surface area contributed by atoms with E-state index in [9.17, 15) is 9.59 Å². The number of pyridine rings is 1. The highest BCUT2D eigenvalue weighted by atomic mass is 35.5. The number of anilines is 1. The molecule has 3 aromatic rings. The van der Waals surface area contributed by atoms with Crippen molar-refractivity contribution in [1.82, 2.24) is 4.98 Å². The van der Waals surface area contributed by atoms with Gasteiger partial charge in [0.25, 0.3) is 5.91 Å². The number of amides is 1. The average Bonchev–Trinajstić information content (AvgIpc) is 2.72. The van der Waals surface area contributed by atoms with E-state index in [0.717, 1.165) is 5.56 Å². The molecule has 0 aliphatic rings. The van der Waals surface area contributed by atoms with Gasteiger partial charge in [0.15, 0.2) is 0 Å². The molecule has 28 heavy (non-hydrogen) atoms. The zero-order valence-electron chi connectivity index (χ0n) is 15.3. The normalized spacial score (nSPS) is 10.4. The summed E-state index contributed by atoms with van der Waals surface area (Å²) in [5.41, 5.74) is 2.45. The molecule has 0 radical (unpaired) electrons. The molecule has 0 aliphatic carbocycles. The van der Waals surface area contributed by atoms with Crippen molar-refractivity contribution in [3.05, 3.63) is 94.8 Å². The predicted molar refractivity (Wildman–Crippen MR) is 109 cm³/mol. The number of carbonyl (C=O) groups is 2. The highest BCUT2D eigenvalue weighted by Gasteiger charge is 2.19. The molecule has 0 bridgehead atoms. The minimum absolute atomic E-state index is 0.199. The number of hydrogen-bond acceptors (Lipinski definition) is 4. The maximum absolute atomic E-state index is 13.2. The monoisotopic (exact) mass is 394 g/mol. The smallest absolute Gasteiger partial charge is 0.338 e. The van der Waals surface area contributed by atoms with Crippen molar-refractivity contribution in [1.29, 1.82) is 0 Å². The highest BCUT2D eigenvalue weighted by Crippen LogP contribution is 2.22. The Morgan fingerprint density at radius 1 is 1.04 bits per heavy atom. The lowest BCUT2D eigenvalue weighted by Crippen LogP contribution is -2.30. The zero-order valence-corrected chi connectivity index (χ0v) is 16.1. The Morgan fingerprint density at radius 2 is 1.82 bits per heavy atom. The molecule has 6 heteroatoms. The molecular weight excluding hydrogens is 376 g/mol. The van der Waals surface area contributed by atoms with E-state index >= 15 is 0 Å². The number of aromatic nitrogens is 1. The molecule has 0 aliphatic heterocycles. The van der Waals surface area contributed by atoms with Crippen LogP contribution in [0.25, 0.3) is 0 Å². The summed E-state index contributed by atoms with van der Waals surface area (Å²) in [5, 5.41) is 0.491. The van der Waals surface area contributed by atoms with Gasteiger partial charge in [-0.05, 0) is 61.0 Å². The molecule has 1 amide bonds. The van der Waals surface area contributed by atoms with Crippen LogP contribution in [0.3, 0.4) is 0 Å². The fourth-order valence-electron chi connectivity index (χ4n) is 2.72. The number of hydrogen-bond donors (Lipinski definition) is 0. The molecule has 1 heterocycles. The maximum atomic E-state index is 13.2. The van der Waals surface area contributed by atoms with E-state index in [1.807, 2.05) is 12.1 Å². The summed E-state index contributed by atoms with van der Waals surface area (Å²) in [4.78, 5) is 30.8. The Labute approximate surface area is 168 Å². The fraction of sp³-hybridized carbons (Fsp3) is 0.136. The molecule has 1 aromatic heterocycles. The molecule has 3 rings (SSSR count). The first-order chi connectivity index (χ1) is 13.6. The van der Waals surface area contributed by atoms with Gasteiger partial charge < -0.3 is 9.64 Å². The third-order valence-electron chi connectivity index (χ3n) is 4.07. The highest BCUT2D eigenvalue weighted by molar-refractivity contribution is 6.31. The molecule has 5 nitrogen and oxygen atoms in total. The molecule has 0 unspecified atom stereocenters. The Kier molecular flexibility index (Phi) is 6.40. The quantitative estimate of drug-likeness (QED) is 0.565. The van der Waals surface area contributed by atoms with E-state index in [2.05, 4.69) is 4.98 Å². The molecule has 2 aromatic carbocycles. The van der Waals surface area contributed by atoms with Gasteiger partial charge in [-0.3, -0.25) is 9.78 Å². The van der Waals surface area contributed by atoms with E-state index in [-0.39, 0.29) is 5.91 Å². The summed E-state index contributed by atoms with van der Waals surface area (Å²) in [7, 11) is 0. The first-order valence-electron chi connectivity index (χ1n) is 8.82. The van der Waals surface area contributed by atoms with Gasteiger partial charge in [0.2, 0.25) is 0 Å². The zero-order chi connectivity index (χ0) is 19.9. The fourth-order valence-corrected chi connectivity index (χ4v) is 2.91. The Balaban J connectivity index is 1.94. The van der Waals surface area contributed by atoms with Crippen LogP contribution in [0, 0.1) is 0 Å². The number of halogens is 1. The van der Waals surface area contributed by atoms with Gasteiger partial charge >= 0.3 is 5.97 Å². The second kappa shape index (κ2) is 9.15. The van der Waals surface area contributed by atoms with Crippen LogP contribution >= 0.6 is 11.6 Å². The molecule has 0 fully saturated rings. The van der Waals surface area contributed by atoms with Gasteiger partial charge in [0.05, 0.1) is 18.7 Å². The van der Waals surface area contributed by atoms with Crippen LogP contribution in [0.1, 0.15) is 33.2 Å². The van der Waals surface area contributed by atoms with Crippen molar-refractivity contribution in [3.63, 3.8) is 0 Å². The van der Waals surface area contributed by atoms with E-state index in [4.69, 9.17) is 16.3 Å². The van der Waals surface area contributed by atoms with Crippen molar-refractivity contribution in [2.24, 2.45) is 0 Å². The molecule has 0 atom stereocenters. The lowest BCUT2D eigenvalue weighted by atomic mass is 10.1. The lowest BCUT2D eigenvalue weighted by molar-refractivity contribution is 0.0526. The SMILES string of the molecule is CCOC(=O)c1ccc(N(Cc2cccnc2)C(=O)c2cccc(Cl)c2)cc1. The van der Waals surface area contributed by atoms with Gasteiger partial charge in [-0.25, -0.2) is 4.79 Å². The first-order valence-corrected chi connectivity index (χ1v) is 9.20. The van der Waals surface area contributed by atoms with Crippen LogP contribution in [0.15, 0.2) is 73.1 Å². The largest absolute Gasteiger partial charge is 0.462 e. The topological polar surface area (TPSA) is 59.5 Å². The molecule has 0 saturated carbocycles. The Bertz CT molecular complexity index is 959. The van der Waals surface area contributed by atoms with Gasteiger partial charge in [0.1, 0.15) is 0 Å². The van der Waals surface area contributed by atoms with E-state index < -0.39 is 5.97 Å². The summed E-state index contributed by atoms with van der Waals surface area (Å²) in [6, 6.07) is 17.3. The lowest BCUT2D eigenvalue weighted by Gasteiger charge is -2.23. The minimum atomic E-state index is -0.394. The second-order valence-corrected chi connectivity index (χ2v) is 6.47. The summed E-state index contributed by atoms with van der Waals surface area (Å²) in [6.07, 6.45) is 3.39. The van der Waals surface area contributed by atoms with Crippen molar-refractivity contribution in [3.8, 4) is 0 Å². The summed E-state index contributed by atoms with van der Waals surface area (Å²) < 4.78 is 5.01. The number of benzene rings is 2. The number of ether oxygens (including phenoxy) is 1. The van der Waals surface area contributed by atoms with Crippen molar-refractivity contribution < 1.29 is 14.3 Å². The molecule has 0 saturated heterocycles. The predicted octanol–water partition coefficient (Wildman–Crippen LogP) is 4.76. The average molecular weight is 395 g/mol. The first kappa shape index (κ1) is 19.6. The number of nitrogens with zero attached hydrogens (tertiary/aromatic N) is 2. The van der Waals surface area contributed by atoms with Crippen molar-refractivity contribution in [2.45, 2.75) is 13.5 Å². The van der Waals surface area contributed by atoms with Crippen LogP contribution in [-0.4, -0.2) is 23.5 Å². The summed E-state index contributed by atoms with van der Waals surface area (Å²) >= 11 is 6.05. The number of esters is 1. The standard InChI is InChI=1S/C22H19ClN2O3/c1-2-28-22(27)17-8-10-20(11-9-17)25(15-16-5-4-12-24-14-16)21(26)18-6-3-7-19(23)13-18/h3-14H,2,15H2,1H3. The van der Waals surface area contributed by atoms with E-state index in [1.165, 1.54) is 0 Å². The Hall–Kier alpha value is -3.18. The van der Waals surface area contributed by atoms with E-state index in [1.54, 1.807) is 72.7 Å². The minimum Gasteiger partial charge on any atom is -0.462 e. The van der Waals surface area contributed by atoms with Crippen LogP contribution < -0.4 is 4.90 Å². The molecule has 142 valence electrons. The van der Waals surface area contributed by atoms with Crippen molar-refractivity contribution >= 4 is 29.2 Å². The maximum Gasteiger partial charge on any atom is 0.338 e. The van der Waals surface area contributed by atoms with Gasteiger partial charge in [-0.1, -0.05) is 23.7 Å². The van der Waals surface area contributed by atoms with Gasteiger partial charge in [-0.15, -0.1) is 0 Å². The van der Waals surface area contributed by atoms with Crippen molar-refractivity contribution in [2.75, 3.05) is 11.5 Å². The second-order valence-electron chi connectivity index (χ2n) is 6.03. The summed E-state index contributed by atoms with van der Waals surface area (Å²) in [6.45, 7) is 2.39. The van der Waals surface area contributed by atoms with Crippen LogP contribution in [0.4, 0.5) is 5.69 Å². The van der Waals surface area contributed by atoms with Crippen LogP contribution in [0.2, 0.25) is 5.02 Å². The van der Waals surface area contributed by atoms with Gasteiger partial charge in [0, 0.05) is 28.7 Å². The molecular formula is C22H19ClN2O3. The van der Waals surface area contributed by atoms with Crippen LogP contribution in [0.5, 0.6) is 0 Å². The number of carbonyl (C=O) groups excluding carboxylic acids is 2. The molecule has 0 spiro atoms.